The van der Waals surface area contributed by atoms with Crippen molar-refractivity contribution >= 4 is 34.1 Å². The number of fused-ring (bicyclic) bond motifs is 1. The number of nitriles is 1. The molecular weight excluding hydrogens is 407 g/mol. The average molecular weight is 431 g/mol. The van der Waals surface area contributed by atoms with Gasteiger partial charge in [0, 0.05) is 10.9 Å². The minimum atomic E-state index is -1.94. The zero-order valence-corrected chi connectivity index (χ0v) is 18.7. The van der Waals surface area contributed by atoms with Gasteiger partial charge in [-0.25, -0.2) is 0 Å². The van der Waals surface area contributed by atoms with Crippen molar-refractivity contribution in [1.82, 2.24) is 4.98 Å². The second-order valence-corrected chi connectivity index (χ2v) is 11.5. The summed E-state index contributed by atoms with van der Waals surface area (Å²) >= 11 is 0. The van der Waals surface area contributed by atoms with Gasteiger partial charge < -0.3 is 4.98 Å². The van der Waals surface area contributed by atoms with Crippen LogP contribution in [-0.2, 0) is 12.6 Å². The van der Waals surface area contributed by atoms with E-state index in [1.807, 2.05) is 6.07 Å². The van der Waals surface area contributed by atoms with Gasteiger partial charge in [0.15, 0.2) is 0 Å². The molecule has 0 saturated heterocycles. The normalized spacial score (nSPS) is 11.3. The topological polar surface area (TPSA) is 39.6 Å². The minimum Gasteiger partial charge on any atom is -0.355 e. The summed E-state index contributed by atoms with van der Waals surface area (Å²) in [7, 11) is -1.94. The summed E-state index contributed by atoms with van der Waals surface area (Å²) < 4.78 is 0. The Morgan fingerprint density at radius 1 is 0.656 bits per heavy atom. The highest BCUT2D eigenvalue weighted by Crippen LogP contribution is 2.58. The van der Waals surface area contributed by atoms with Crippen LogP contribution in [0.4, 0.5) is 0 Å². The van der Waals surface area contributed by atoms with Gasteiger partial charge >= 0.3 is 0 Å². The Hall–Kier alpha value is -3.66. The Bertz CT molecular complexity index is 1270. The first-order valence-corrected chi connectivity index (χ1v) is 12.8. The Kier molecular flexibility index (Phi) is 5.59. The zero-order chi connectivity index (χ0) is 21.8. The summed E-state index contributed by atoms with van der Waals surface area (Å²) in [6.07, 6.45) is 1.35. The summed E-state index contributed by atoms with van der Waals surface area (Å²) in [5.74, 6) is 0. The quantitative estimate of drug-likeness (QED) is 0.343. The number of nitrogens with zero attached hydrogens (tertiary/aromatic N) is 1. The molecule has 1 heterocycles. The maximum Gasteiger partial charge on any atom is 0.118 e. The van der Waals surface area contributed by atoms with Crippen molar-refractivity contribution in [3.63, 3.8) is 0 Å². The van der Waals surface area contributed by atoms with E-state index in [0.717, 1.165) is 17.2 Å². The average Bonchev–Trinajstić information content (AvgIpc) is 3.26. The van der Waals surface area contributed by atoms with E-state index in [1.165, 1.54) is 27.0 Å². The molecule has 1 N–H and O–H groups in total. The highest BCUT2D eigenvalue weighted by Gasteiger charge is 2.45. The fourth-order valence-corrected chi connectivity index (χ4v) is 8.72. The second-order valence-electron chi connectivity index (χ2n) is 8.03. The number of aromatic amines is 1. The first-order chi connectivity index (χ1) is 15.8. The molecule has 1 aromatic heterocycles. The minimum absolute atomic E-state index is 0.436. The fourth-order valence-electron chi connectivity index (χ4n) is 4.55. The number of hydrogen-bond donors (Lipinski definition) is 1. The van der Waals surface area contributed by atoms with Crippen LogP contribution in [0.2, 0.25) is 0 Å². The number of hydrogen-bond acceptors (Lipinski definition) is 1. The third-order valence-corrected chi connectivity index (χ3v) is 10.4. The van der Waals surface area contributed by atoms with E-state index in [4.69, 9.17) is 5.26 Å². The molecule has 0 fully saturated rings. The molecule has 32 heavy (non-hydrogen) atoms. The summed E-state index contributed by atoms with van der Waals surface area (Å²) in [5, 5.41) is 14.4. The molecule has 0 spiro atoms. The number of H-pyrrole nitrogens is 1. The van der Waals surface area contributed by atoms with E-state index < -0.39 is 7.26 Å². The van der Waals surface area contributed by atoms with Gasteiger partial charge in [0.1, 0.15) is 29.3 Å². The molecule has 0 radical (unpaired) electrons. The Balaban J connectivity index is 1.71. The van der Waals surface area contributed by atoms with Crippen LogP contribution >= 0.6 is 7.26 Å². The maximum absolute atomic E-state index is 9.07. The summed E-state index contributed by atoms with van der Waals surface area (Å²) in [4.78, 5) is 3.67. The van der Waals surface area contributed by atoms with Crippen molar-refractivity contribution in [2.24, 2.45) is 0 Å². The maximum atomic E-state index is 9.07. The fraction of sp³-hybridized carbons (Fsp3) is 0.0690. The van der Waals surface area contributed by atoms with Crippen LogP contribution in [-0.4, -0.2) is 4.98 Å². The van der Waals surface area contributed by atoms with Crippen molar-refractivity contribution in [2.75, 3.05) is 0 Å². The van der Waals surface area contributed by atoms with Crippen molar-refractivity contribution in [3.8, 4) is 6.07 Å². The lowest BCUT2D eigenvalue weighted by molar-refractivity contribution is 1.25. The lowest BCUT2D eigenvalue weighted by Crippen LogP contribution is -2.32. The molecule has 0 unspecified atom stereocenters. The van der Waals surface area contributed by atoms with Crippen LogP contribution in [0, 0.1) is 11.3 Å². The lowest BCUT2D eigenvalue weighted by Gasteiger charge is -2.27. The Labute approximate surface area is 189 Å². The molecule has 154 valence electrons. The number of benzene rings is 4. The molecule has 5 aromatic rings. The lowest BCUT2D eigenvalue weighted by atomic mass is 10.1. The van der Waals surface area contributed by atoms with Gasteiger partial charge in [0.25, 0.3) is 0 Å². The van der Waals surface area contributed by atoms with Crippen LogP contribution in [0.25, 0.3) is 10.9 Å². The number of rotatable bonds is 6. The van der Waals surface area contributed by atoms with Gasteiger partial charge in [-0.1, -0.05) is 60.7 Å². The molecule has 2 nitrogen and oxygen atoms in total. The molecular formula is C29H24N2P+. The largest absolute Gasteiger partial charge is 0.355 e. The molecule has 0 bridgehead atoms. The van der Waals surface area contributed by atoms with Crippen molar-refractivity contribution < 1.29 is 0 Å². The highest BCUT2D eigenvalue weighted by molar-refractivity contribution is 7.95. The van der Waals surface area contributed by atoms with Crippen molar-refractivity contribution in [1.29, 1.82) is 5.26 Å². The van der Waals surface area contributed by atoms with Crippen LogP contribution in [0.15, 0.2) is 115 Å². The summed E-state index contributed by atoms with van der Waals surface area (Å²) in [6, 6.07) is 43.6. The monoisotopic (exact) mass is 431 g/mol. The van der Waals surface area contributed by atoms with Crippen LogP contribution in [0.3, 0.4) is 0 Å². The standard InChI is InChI=1S/C29H24N2P/c30-19-18-23-16-17-29-24(20-23)21-25(31-29)22-32(26-10-4-1-5-11-26,27-12-6-2-7-13-27)28-14-8-3-9-15-28/h1-17,20-21,31H,18,22H2/q+1. The van der Waals surface area contributed by atoms with E-state index >= 15 is 0 Å². The van der Waals surface area contributed by atoms with Gasteiger partial charge in [0.05, 0.1) is 18.2 Å². The molecule has 5 rings (SSSR count). The van der Waals surface area contributed by atoms with E-state index in [1.54, 1.807) is 0 Å². The van der Waals surface area contributed by atoms with E-state index in [0.29, 0.717) is 6.42 Å². The molecule has 0 amide bonds. The molecule has 4 aromatic carbocycles. The molecule has 0 aliphatic carbocycles. The van der Waals surface area contributed by atoms with E-state index in [2.05, 4.69) is 120 Å². The molecule has 0 saturated carbocycles. The summed E-state index contributed by atoms with van der Waals surface area (Å²) in [5.41, 5.74) is 3.40. The second kappa shape index (κ2) is 8.83. The predicted octanol–water partition coefficient (Wildman–Crippen LogP) is 5.73. The third-order valence-electron chi connectivity index (χ3n) is 6.02. The van der Waals surface area contributed by atoms with E-state index in [-0.39, 0.29) is 0 Å². The van der Waals surface area contributed by atoms with Gasteiger partial charge in [-0.3, -0.25) is 0 Å². The van der Waals surface area contributed by atoms with Gasteiger partial charge in [-0.05, 0) is 60.2 Å². The SMILES string of the molecule is N#CCc1ccc2[nH]c(C[P+](c3ccccc3)(c3ccccc3)c3ccccc3)cc2c1. The van der Waals surface area contributed by atoms with E-state index in [9.17, 15) is 0 Å². The molecule has 3 heteroatoms. The molecule has 0 aliphatic rings. The Morgan fingerprint density at radius 3 is 1.69 bits per heavy atom. The van der Waals surface area contributed by atoms with Gasteiger partial charge in [0.2, 0.25) is 0 Å². The first kappa shape index (κ1) is 20.3. The van der Waals surface area contributed by atoms with Crippen LogP contribution in [0.5, 0.6) is 0 Å². The first-order valence-electron chi connectivity index (χ1n) is 10.8. The van der Waals surface area contributed by atoms with Crippen LogP contribution < -0.4 is 15.9 Å². The van der Waals surface area contributed by atoms with Crippen LogP contribution in [0.1, 0.15) is 11.3 Å². The number of nitrogens with one attached hydrogen (secondary N) is 1. The predicted molar refractivity (Wildman–Crippen MR) is 136 cm³/mol. The zero-order valence-electron chi connectivity index (χ0n) is 17.8. The number of aromatic nitrogens is 1. The van der Waals surface area contributed by atoms with Gasteiger partial charge in [-0.15, -0.1) is 0 Å². The third kappa shape index (κ3) is 3.73. The summed E-state index contributed by atoms with van der Waals surface area (Å²) in [6.45, 7) is 0. The Morgan fingerprint density at radius 2 is 1.19 bits per heavy atom. The van der Waals surface area contributed by atoms with Crippen molar-refractivity contribution in [2.45, 2.75) is 12.6 Å². The highest BCUT2D eigenvalue weighted by atomic mass is 31.2. The van der Waals surface area contributed by atoms with Crippen molar-refractivity contribution in [3.05, 3.63) is 127 Å². The molecule has 0 atom stereocenters. The smallest absolute Gasteiger partial charge is 0.118 e. The van der Waals surface area contributed by atoms with Gasteiger partial charge in [-0.2, -0.15) is 5.26 Å². The molecule has 0 aliphatic heterocycles.